The van der Waals surface area contributed by atoms with Crippen LogP contribution in [0.25, 0.3) is 10.8 Å². The minimum atomic E-state index is -0.413. The normalized spacial score (nSPS) is 11.1. The molecule has 0 heterocycles. The average Bonchev–Trinajstić information content (AvgIpc) is 2.88. The number of fused-ring (bicyclic) bond motifs is 1. The zero-order valence-electron chi connectivity index (χ0n) is 20.2. The van der Waals surface area contributed by atoms with Crippen molar-refractivity contribution in [1.82, 2.24) is 0 Å². The van der Waals surface area contributed by atoms with Crippen molar-refractivity contribution in [2.45, 2.75) is 39.5 Å². The van der Waals surface area contributed by atoms with E-state index in [2.05, 4.69) is 29.3 Å². The van der Waals surface area contributed by atoms with Gasteiger partial charge in [0, 0.05) is 0 Å². The summed E-state index contributed by atoms with van der Waals surface area (Å²) in [5, 5.41) is 11.0. The van der Waals surface area contributed by atoms with Gasteiger partial charge in [-0.2, -0.15) is 10.2 Å². The Kier molecular flexibility index (Phi) is 8.23. The molecule has 0 bridgehead atoms. The number of benzene rings is 4. The van der Waals surface area contributed by atoms with E-state index in [-0.39, 0.29) is 0 Å². The summed E-state index contributed by atoms with van der Waals surface area (Å²) in [5.74, 6) is 0.813. The molecule has 0 atom stereocenters. The van der Waals surface area contributed by atoms with E-state index in [1.807, 2.05) is 37.3 Å². The Morgan fingerprint density at radius 3 is 2.31 bits per heavy atom. The first-order valence-electron chi connectivity index (χ1n) is 12.1. The topological polar surface area (TPSA) is 60.2 Å². The van der Waals surface area contributed by atoms with Crippen LogP contribution in [-0.2, 0) is 0 Å². The van der Waals surface area contributed by atoms with Gasteiger partial charge in [-0.25, -0.2) is 4.79 Å². The van der Waals surface area contributed by atoms with Crippen molar-refractivity contribution >= 4 is 28.1 Å². The van der Waals surface area contributed by atoms with E-state index in [0.29, 0.717) is 17.9 Å². The molecule has 0 aliphatic heterocycles. The fourth-order valence-electron chi connectivity index (χ4n) is 3.73. The molecular weight excluding hydrogens is 436 g/mol. The summed E-state index contributed by atoms with van der Waals surface area (Å²) in [6.45, 7) is 4.79. The molecule has 0 amide bonds. The number of hydrogen-bond acceptors (Lipinski definition) is 5. The van der Waals surface area contributed by atoms with Gasteiger partial charge in [-0.05, 0) is 84.3 Å². The predicted molar refractivity (Wildman–Crippen MR) is 140 cm³/mol. The zero-order valence-corrected chi connectivity index (χ0v) is 20.2. The minimum Gasteiger partial charge on any atom is -0.494 e. The number of azo groups is 1. The van der Waals surface area contributed by atoms with Gasteiger partial charge in [0.1, 0.15) is 11.5 Å². The van der Waals surface area contributed by atoms with Crippen LogP contribution in [-0.4, -0.2) is 12.6 Å². The number of rotatable bonds is 10. The van der Waals surface area contributed by atoms with E-state index in [4.69, 9.17) is 9.47 Å². The second-order valence-electron chi connectivity index (χ2n) is 8.50. The van der Waals surface area contributed by atoms with E-state index < -0.39 is 5.97 Å². The fourth-order valence-corrected chi connectivity index (χ4v) is 3.73. The summed E-state index contributed by atoms with van der Waals surface area (Å²) < 4.78 is 11.3. The molecular formula is C30H30N2O3. The third-order valence-electron chi connectivity index (χ3n) is 5.74. The highest BCUT2D eigenvalue weighted by molar-refractivity contribution is 5.91. The number of unbranched alkanes of at least 4 members (excludes halogenated alkanes) is 3. The highest BCUT2D eigenvalue weighted by Gasteiger charge is 2.10. The second kappa shape index (κ2) is 11.9. The van der Waals surface area contributed by atoms with Gasteiger partial charge in [0.05, 0.1) is 23.5 Å². The van der Waals surface area contributed by atoms with Gasteiger partial charge in [0.25, 0.3) is 0 Å². The van der Waals surface area contributed by atoms with Crippen molar-refractivity contribution in [2.75, 3.05) is 6.61 Å². The highest BCUT2D eigenvalue weighted by atomic mass is 16.5. The molecule has 4 aromatic carbocycles. The first kappa shape index (κ1) is 24.1. The van der Waals surface area contributed by atoms with E-state index in [0.717, 1.165) is 34.5 Å². The van der Waals surface area contributed by atoms with Gasteiger partial charge in [-0.3, -0.25) is 0 Å². The maximum absolute atomic E-state index is 12.6. The third kappa shape index (κ3) is 6.76. The quantitative estimate of drug-likeness (QED) is 0.102. The van der Waals surface area contributed by atoms with E-state index in [1.54, 1.807) is 42.5 Å². The molecule has 0 saturated carbocycles. The molecule has 5 heteroatoms. The van der Waals surface area contributed by atoms with Crippen LogP contribution in [0.3, 0.4) is 0 Å². The Balaban J connectivity index is 1.34. The molecule has 0 aromatic heterocycles. The van der Waals surface area contributed by atoms with Crippen LogP contribution >= 0.6 is 0 Å². The molecule has 5 nitrogen and oxygen atoms in total. The monoisotopic (exact) mass is 466 g/mol. The number of carbonyl (C=O) groups excluding carboxylic acids is 1. The summed E-state index contributed by atoms with van der Waals surface area (Å²) in [5.41, 5.74) is 2.85. The van der Waals surface area contributed by atoms with E-state index in [1.165, 1.54) is 24.6 Å². The smallest absolute Gasteiger partial charge is 0.343 e. The number of nitrogens with zero attached hydrogens (tertiary/aromatic N) is 2. The molecule has 0 aliphatic carbocycles. The third-order valence-corrected chi connectivity index (χ3v) is 5.74. The summed E-state index contributed by atoms with van der Waals surface area (Å²) >= 11 is 0. The van der Waals surface area contributed by atoms with Crippen LogP contribution in [0.2, 0.25) is 0 Å². The average molecular weight is 467 g/mol. The fraction of sp³-hybridized carbons (Fsp3) is 0.233. The van der Waals surface area contributed by atoms with Crippen LogP contribution < -0.4 is 9.47 Å². The zero-order chi connectivity index (χ0) is 24.5. The molecule has 4 rings (SSSR count). The molecule has 0 saturated heterocycles. The minimum absolute atomic E-state index is 0.413. The van der Waals surface area contributed by atoms with E-state index in [9.17, 15) is 4.79 Å². The summed E-state index contributed by atoms with van der Waals surface area (Å²) in [4.78, 5) is 12.6. The Bertz CT molecular complexity index is 1310. The summed E-state index contributed by atoms with van der Waals surface area (Å²) in [6, 6.07) is 26.5. The van der Waals surface area contributed by atoms with Gasteiger partial charge in [-0.15, -0.1) is 0 Å². The molecule has 0 unspecified atom stereocenters. The molecule has 0 fully saturated rings. The van der Waals surface area contributed by atoms with Gasteiger partial charge >= 0.3 is 5.97 Å². The number of carbonyl (C=O) groups is 1. The van der Waals surface area contributed by atoms with Crippen molar-refractivity contribution in [3.8, 4) is 11.5 Å². The van der Waals surface area contributed by atoms with Crippen LogP contribution in [0, 0.1) is 6.92 Å². The van der Waals surface area contributed by atoms with Crippen molar-refractivity contribution < 1.29 is 14.3 Å². The molecule has 35 heavy (non-hydrogen) atoms. The molecule has 4 aromatic rings. The van der Waals surface area contributed by atoms with Crippen LogP contribution in [0.4, 0.5) is 11.4 Å². The molecule has 0 radical (unpaired) electrons. The number of hydrogen-bond donors (Lipinski definition) is 0. The van der Waals surface area contributed by atoms with Crippen molar-refractivity contribution in [1.29, 1.82) is 0 Å². The van der Waals surface area contributed by atoms with Crippen LogP contribution in [0.1, 0.15) is 48.5 Å². The Labute approximate surface area is 206 Å². The first-order chi connectivity index (χ1) is 17.1. The lowest BCUT2D eigenvalue weighted by Gasteiger charge is -2.08. The highest BCUT2D eigenvalue weighted by Crippen LogP contribution is 2.28. The molecule has 178 valence electrons. The SMILES string of the molecule is CCCCCCOc1ccc(C(=O)Oc2ccc(N=Nc3ccc4ccccc4c3)c(C)c2)cc1. The van der Waals surface area contributed by atoms with Gasteiger partial charge in [0.2, 0.25) is 0 Å². The largest absolute Gasteiger partial charge is 0.494 e. The van der Waals surface area contributed by atoms with Crippen molar-refractivity contribution in [3.05, 3.63) is 96.1 Å². The van der Waals surface area contributed by atoms with Gasteiger partial charge in [-0.1, -0.05) is 56.5 Å². The van der Waals surface area contributed by atoms with Crippen LogP contribution in [0.15, 0.2) is 95.2 Å². The Morgan fingerprint density at radius 1 is 0.771 bits per heavy atom. The van der Waals surface area contributed by atoms with Gasteiger partial charge < -0.3 is 9.47 Å². The Morgan fingerprint density at radius 2 is 1.54 bits per heavy atom. The maximum atomic E-state index is 12.6. The van der Waals surface area contributed by atoms with Crippen molar-refractivity contribution in [2.24, 2.45) is 10.2 Å². The lowest BCUT2D eigenvalue weighted by atomic mass is 10.1. The van der Waals surface area contributed by atoms with E-state index >= 15 is 0 Å². The first-order valence-corrected chi connectivity index (χ1v) is 12.1. The predicted octanol–water partition coefficient (Wildman–Crippen LogP) is 8.74. The van der Waals surface area contributed by atoms with Crippen LogP contribution in [0.5, 0.6) is 11.5 Å². The standard InChI is InChI=1S/C30H30N2O3/c1-3-4-5-8-19-34-27-15-12-24(13-16-27)30(33)35-28-17-18-29(22(2)20-28)32-31-26-14-11-23-9-6-7-10-25(23)21-26/h6-7,9-18,20-21H,3-5,8,19H2,1-2H3. The number of ether oxygens (including phenoxy) is 2. The molecule has 0 spiro atoms. The summed E-state index contributed by atoms with van der Waals surface area (Å²) in [7, 11) is 0. The summed E-state index contributed by atoms with van der Waals surface area (Å²) in [6.07, 6.45) is 4.63. The lowest BCUT2D eigenvalue weighted by Crippen LogP contribution is -2.08. The van der Waals surface area contributed by atoms with Crippen molar-refractivity contribution in [3.63, 3.8) is 0 Å². The maximum Gasteiger partial charge on any atom is 0.343 e. The Hall–Kier alpha value is -3.99. The van der Waals surface area contributed by atoms with Gasteiger partial charge in [0.15, 0.2) is 0 Å². The number of esters is 1. The lowest BCUT2D eigenvalue weighted by molar-refractivity contribution is 0.0734. The second-order valence-corrected chi connectivity index (χ2v) is 8.50. The molecule has 0 N–H and O–H groups in total. The number of aryl methyl sites for hydroxylation is 1. The molecule has 0 aliphatic rings.